The first-order valence-corrected chi connectivity index (χ1v) is 7.19. The molecule has 0 amide bonds. The van der Waals surface area contributed by atoms with E-state index in [4.69, 9.17) is 4.74 Å². The fourth-order valence-electron chi connectivity index (χ4n) is 0.930. The Morgan fingerprint density at radius 2 is 2.17 bits per heavy atom. The van der Waals surface area contributed by atoms with Gasteiger partial charge in [-0.3, -0.25) is 4.79 Å². The molecular formula is C8H7INNaO6S. The number of ether oxygens (including phenoxy) is 1. The first kappa shape index (κ1) is 18.1. The first-order valence-electron chi connectivity index (χ1n) is 4.26. The van der Waals surface area contributed by atoms with Crippen molar-refractivity contribution in [3.63, 3.8) is 0 Å². The summed E-state index contributed by atoms with van der Waals surface area (Å²) in [5.74, 6) is -1.51. The molecule has 1 N–H and O–H groups in total. The summed E-state index contributed by atoms with van der Waals surface area (Å²) in [4.78, 5) is 14.3. The molecule has 1 aromatic rings. The molecule has 10 heteroatoms. The predicted molar refractivity (Wildman–Crippen MR) is 63.0 cm³/mol. The van der Waals surface area contributed by atoms with E-state index in [2.05, 4.69) is 4.98 Å². The molecule has 0 saturated heterocycles. The van der Waals surface area contributed by atoms with Crippen molar-refractivity contribution in [2.24, 2.45) is 0 Å². The van der Waals surface area contributed by atoms with Crippen LogP contribution in [-0.2, 0) is 14.9 Å². The number of carbonyl (C=O) groups excluding carboxylic acids is 1. The minimum atomic E-state index is -4.84. The number of halogens is 1. The van der Waals surface area contributed by atoms with Crippen LogP contribution in [-0.4, -0.2) is 33.5 Å². The van der Waals surface area contributed by atoms with Crippen molar-refractivity contribution in [1.29, 1.82) is 0 Å². The van der Waals surface area contributed by atoms with Crippen molar-refractivity contribution in [2.45, 2.75) is 11.4 Å². The maximum atomic E-state index is 11.1. The van der Waals surface area contributed by atoms with Gasteiger partial charge in [0.25, 0.3) is 0 Å². The van der Waals surface area contributed by atoms with Gasteiger partial charge in [0.1, 0.15) is 10.1 Å². The van der Waals surface area contributed by atoms with Gasteiger partial charge in [-0.25, -0.2) is 13.4 Å². The van der Waals surface area contributed by atoms with Crippen LogP contribution in [0.2, 0.25) is 0 Å². The Morgan fingerprint density at radius 1 is 1.56 bits per heavy atom. The number of aromatic hydroxyl groups is 1. The Hall–Kier alpha value is 0.0600. The summed E-state index contributed by atoms with van der Waals surface area (Å²) in [5, 5.41) is 8.24. The molecule has 0 unspecified atom stereocenters. The van der Waals surface area contributed by atoms with Crippen molar-refractivity contribution < 1.29 is 57.2 Å². The molecule has 0 fully saturated rings. The van der Waals surface area contributed by atoms with Crippen LogP contribution in [0.1, 0.15) is 6.42 Å². The molecule has 1 aromatic heterocycles. The average Bonchev–Trinajstić information content (AvgIpc) is 2.15. The molecule has 18 heavy (non-hydrogen) atoms. The molecule has 0 atom stereocenters. The van der Waals surface area contributed by atoms with Gasteiger partial charge < -0.3 is 14.4 Å². The topological polar surface area (TPSA) is 117 Å². The van der Waals surface area contributed by atoms with Crippen LogP contribution < -0.4 is 34.3 Å². The summed E-state index contributed by atoms with van der Waals surface area (Å²) in [6.45, 7) is 0. The van der Waals surface area contributed by atoms with Crippen molar-refractivity contribution in [1.82, 2.24) is 4.98 Å². The largest absolute Gasteiger partial charge is 1.00 e. The molecule has 1 rings (SSSR count). The van der Waals surface area contributed by atoms with Crippen molar-refractivity contribution in [2.75, 3.05) is 4.43 Å². The number of pyridine rings is 1. The van der Waals surface area contributed by atoms with Crippen LogP contribution in [0.15, 0.2) is 17.3 Å². The van der Waals surface area contributed by atoms with E-state index in [0.717, 1.165) is 12.3 Å². The molecule has 0 aliphatic rings. The first-order chi connectivity index (χ1) is 7.84. The molecule has 0 aliphatic carbocycles. The van der Waals surface area contributed by atoms with Gasteiger partial charge in [0, 0.05) is 10.5 Å². The van der Waals surface area contributed by atoms with E-state index in [0.29, 0.717) is 4.43 Å². The van der Waals surface area contributed by atoms with Gasteiger partial charge in [0.15, 0.2) is 16.5 Å². The number of alkyl halides is 1. The van der Waals surface area contributed by atoms with Gasteiger partial charge in [-0.05, 0) is 0 Å². The molecular weight excluding hydrogens is 388 g/mol. The molecule has 0 aromatic carbocycles. The number of aromatic nitrogens is 1. The zero-order valence-electron chi connectivity index (χ0n) is 9.29. The van der Waals surface area contributed by atoms with Gasteiger partial charge in [-0.1, -0.05) is 22.6 Å². The number of hydrogen-bond acceptors (Lipinski definition) is 7. The summed E-state index contributed by atoms with van der Waals surface area (Å²) in [7, 11) is -4.84. The Bertz CT molecular complexity index is 534. The van der Waals surface area contributed by atoms with Crippen molar-refractivity contribution in [3.8, 4) is 11.5 Å². The molecule has 94 valence electrons. The summed E-state index contributed by atoms with van der Waals surface area (Å²) < 4.78 is 37.1. The van der Waals surface area contributed by atoms with E-state index in [1.807, 2.05) is 22.6 Å². The fourth-order valence-corrected chi connectivity index (χ4v) is 1.87. The second kappa shape index (κ2) is 7.60. The van der Waals surface area contributed by atoms with E-state index >= 15 is 0 Å². The fraction of sp³-hybridized carbons (Fsp3) is 0.250. The molecule has 0 spiro atoms. The molecule has 0 bridgehead atoms. The van der Waals surface area contributed by atoms with E-state index < -0.39 is 26.9 Å². The minimum absolute atomic E-state index is 0. The normalized spacial score (nSPS) is 10.6. The van der Waals surface area contributed by atoms with Crippen LogP contribution >= 0.6 is 22.6 Å². The third-order valence-corrected chi connectivity index (χ3v) is 2.90. The minimum Gasteiger partial charge on any atom is -0.743 e. The van der Waals surface area contributed by atoms with Crippen molar-refractivity contribution >= 4 is 38.7 Å². The zero-order chi connectivity index (χ0) is 13.1. The van der Waals surface area contributed by atoms with Gasteiger partial charge >= 0.3 is 35.5 Å². The molecule has 0 radical (unpaired) electrons. The Balaban J connectivity index is 0.00000289. The summed E-state index contributed by atoms with van der Waals surface area (Å²) in [6, 6.07) is 0.850. The number of rotatable bonds is 4. The maximum Gasteiger partial charge on any atom is 1.00 e. The van der Waals surface area contributed by atoms with Gasteiger partial charge in [0.05, 0.1) is 12.6 Å². The Kier molecular flexibility index (Phi) is 7.63. The van der Waals surface area contributed by atoms with Gasteiger partial charge in [-0.15, -0.1) is 0 Å². The standard InChI is InChI=1S/C8H8INO6S.Na/c9-2-1-7(12)16-5-3-6(11)8(10-4-5)17(13,14)15;/h3-4,11H,1-2H2,(H,13,14,15);/q;+1/p-1. The number of hydrogen-bond donors (Lipinski definition) is 1. The number of nitrogens with zero attached hydrogens (tertiary/aromatic N) is 1. The summed E-state index contributed by atoms with van der Waals surface area (Å²) >= 11 is 1.98. The van der Waals surface area contributed by atoms with Crippen LogP contribution in [0.5, 0.6) is 11.5 Å². The van der Waals surface area contributed by atoms with Crippen LogP contribution in [0, 0.1) is 0 Å². The zero-order valence-corrected chi connectivity index (χ0v) is 14.3. The molecule has 0 aliphatic heterocycles. The molecule has 1 heterocycles. The molecule has 0 saturated carbocycles. The van der Waals surface area contributed by atoms with Crippen molar-refractivity contribution in [3.05, 3.63) is 12.3 Å². The quantitative estimate of drug-likeness (QED) is 0.196. The Morgan fingerprint density at radius 3 is 2.61 bits per heavy atom. The summed E-state index contributed by atoms with van der Waals surface area (Å²) in [5.41, 5.74) is 0. The van der Waals surface area contributed by atoms with Crippen LogP contribution in [0.25, 0.3) is 0 Å². The van der Waals surface area contributed by atoms with Gasteiger partial charge in [0.2, 0.25) is 0 Å². The summed E-state index contributed by atoms with van der Waals surface area (Å²) in [6.07, 6.45) is 1.05. The van der Waals surface area contributed by atoms with Crippen LogP contribution in [0.4, 0.5) is 0 Å². The smallest absolute Gasteiger partial charge is 0.743 e. The van der Waals surface area contributed by atoms with E-state index in [1.165, 1.54) is 0 Å². The van der Waals surface area contributed by atoms with E-state index in [9.17, 15) is 22.9 Å². The number of esters is 1. The predicted octanol–water partition coefficient (Wildman–Crippen LogP) is -2.57. The Labute approximate surface area is 139 Å². The second-order valence-corrected chi connectivity index (χ2v) is 5.24. The third kappa shape index (κ3) is 5.36. The molecule has 7 nitrogen and oxygen atoms in total. The van der Waals surface area contributed by atoms with E-state index in [1.54, 1.807) is 0 Å². The monoisotopic (exact) mass is 395 g/mol. The van der Waals surface area contributed by atoms with Gasteiger partial charge in [-0.2, -0.15) is 0 Å². The second-order valence-electron chi connectivity index (χ2n) is 2.86. The third-order valence-electron chi connectivity index (χ3n) is 1.57. The SMILES string of the molecule is O=C(CCI)Oc1cnc(S(=O)(=O)[O-])c(O)c1.[Na+]. The maximum absolute atomic E-state index is 11.1. The van der Waals surface area contributed by atoms with E-state index in [-0.39, 0.29) is 41.7 Å². The van der Waals surface area contributed by atoms with Crippen LogP contribution in [0.3, 0.4) is 0 Å². The number of carbonyl (C=O) groups is 1. The average molecular weight is 395 g/mol.